The number of amides is 1. The lowest BCUT2D eigenvalue weighted by atomic mass is 9.89. The van der Waals surface area contributed by atoms with Crippen LogP contribution in [-0.4, -0.2) is 27.6 Å². The molecule has 18 heavy (non-hydrogen) atoms. The Balaban J connectivity index is 1.62. The number of rotatable bonds is 5. The molecule has 0 bridgehead atoms. The summed E-state index contributed by atoms with van der Waals surface area (Å²) in [5.41, 5.74) is -0.281. The van der Waals surface area contributed by atoms with Crippen molar-refractivity contribution in [3.05, 3.63) is 16.3 Å². The molecule has 1 aliphatic rings. The average Bonchev–Trinajstić information content (AvgIpc) is 2.81. The number of aromatic amines is 2. The van der Waals surface area contributed by atoms with Gasteiger partial charge in [-0.05, 0) is 19.3 Å². The lowest BCUT2D eigenvalue weighted by Gasteiger charge is -2.20. The summed E-state index contributed by atoms with van der Waals surface area (Å²) in [5, 5.41) is 9.10. The molecule has 0 radical (unpaired) electrons. The van der Waals surface area contributed by atoms with Crippen molar-refractivity contribution in [2.45, 2.75) is 44.9 Å². The molecule has 1 heterocycles. The van der Waals surface area contributed by atoms with Crippen molar-refractivity contribution >= 4 is 5.91 Å². The zero-order chi connectivity index (χ0) is 12.8. The second kappa shape index (κ2) is 6.37. The molecular weight excluding hydrogens is 232 g/mol. The van der Waals surface area contributed by atoms with Crippen LogP contribution >= 0.6 is 0 Å². The van der Waals surface area contributed by atoms with Crippen molar-refractivity contribution in [3.63, 3.8) is 0 Å². The number of nitrogens with one attached hydrogen (secondary N) is 3. The van der Waals surface area contributed by atoms with E-state index >= 15 is 0 Å². The fourth-order valence-corrected chi connectivity index (χ4v) is 2.40. The van der Waals surface area contributed by atoms with Crippen LogP contribution in [0.3, 0.4) is 0 Å². The van der Waals surface area contributed by atoms with E-state index in [0.29, 0.717) is 18.8 Å². The second-order valence-corrected chi connectivity index (χ2v) is 4.85. The molecule has 1 fully saturated rings. The molecule has 0 spiro atoms. The summed E-state index contributed by atoms with van der Waals surface area (Å²) in [6.07, 6.45) is 7.12. The van der Waals surface area contributed by atoms with Crippen molar-refractivity contribution in [1.82, 2.24) is 20.5 Å². The topological polar surface area (TPSA) is 90.6 Å². The summed E-state index contributed by atoms with van der Waals surface area (Å²) in [6.45, 7) is 0.643. The Kier molecular flexibility index (Phi) is 4.55. The van der Waals surface area contributed by atoms with Crippen LogP contribution < -0.4 is 11.0 Å². The van der Waals surface area contributed by atoms with Crippen LogP contribution in [0.1, 0.15) is 44.3 Å². The predicted octanol–water partition coefficient (Wildman–Crippen LogP) is 0.727. The van der Waals surface area contributed by atoms with Gasteiger partial charge in [-0.15, -0.1) is 0 Å². The van der Waals surface area contributed by atoms with E-state index in [9.17, 15) is 9.59 Å². The Hall–Kier alpha value is -1.59. The van der Waals surface area contributed by atoms with Crippen molar-refractivity contribution < 1.29 is 4.79 Å². The molecule has 6 heteroatoms. The smallest absolute Gasteiger partial charge is 0.340 e. The first-order chi connectivity index (χ1) is 8.75. The molecule has 100 valence electrons. The molecular formula is C12H20N4O2. The van der Waals surface area contributed by atoms with E-state index in [1.165, 1.54) is 19.3 Å². The van der Waals surface area contributed by atoms with Crippen LogP contribution in [-0.2, 0) is 11.2 Å². The molecule has 1 aliphatic carbocycles. The fraction of sp³-hybridized carbons (Fsp3) is 0.750. The number of hydrogen-bond acceptors (Lipinski definition) is 3. The minimum absolute atomic E-state index is 0.185. The quantitative estimate of drug-likeness (QED) is 0.675. The first-order valence-electron chi connectivity index (χ1n) is 6.67. The maximum absolute atomic E-state index is 11.8. The third kappa shape index (κ3) is 3.72. The van der Waals surface area contributed by atoms with Crippen molar-refractivity contribution in [1.29, 1.82) is 0 Å². The number of H-pyrrole nitrogens is 2. The Bertz CT molecular complexity index is 431. The van der Waals surface area contributed by atoms with E-state index in [2.05, 4.69) is 20.5 Å². The minimum Gasteiger partial charge on any atom is -0.356 e. The molecule has 3 N–H and O–H groups in total. The van der Waals surface area contributed by atoms with Gasteiger partial charge >= 0.3 is 5.69 Å². The van der Waals surface area contributed by atoms with Crippen molar-refractivity contribution in [2.75, 3.05) is 6.54 Å². The number of aryl methyl sites for hydroxylation is 1. The van der Waals surface area contributed by atoms with Gasteiger partial charge in [0.25, 0.3) is 0 Å². The highest BCUT2D eigenvalue weighted by molar-refractivity contribution is 5.78. The van der Waals surface area contributed by atoms with Gasteiger partial charge < -0.3 is 5.32 Å². The monoisotopic (exact) mass is 252 g/mol. The minimum atomic E-state index is -0.281. The molecule has 0 aliphatic heterocycles. The van der Waals surface area contributed by atoms with E-state index < -0.39 is 0 Å². The van der Waals surface area contributed by atoms with Gasteiger partial charge in [-0.1, -0.05) is 19.3 Å². The van der Waals surface area contributed by atoms with Gasteiger partial charge in [0.1, 0.15) is 5.82 Å². The fourth-order valence-electron chi connectivity index (χ4n) is 2.40. The van der Waals surface area contributed by atoms with E-state index in [-0.39, 0.29) is 17.5 Å². The zero-order valence-corrected chi connectivity index (χ0v) is 10.5. The molecule has 0 unspecified atom stereocenters. The average molecular weight is 252 g/mol. The first-order valence-corrected chi connectivity index (χ1v) is 6.67. The lowest BCUT2D eigenvalue weighted by Crippen LogP contribution is -2.32. The van der Waals surface area contributed by atoms with Gasteiger partial charge in [-0.2, -0.15) is 5.10 Å². The molecule has 0 atom stereocenters. The molecule has 6 nitrogen and oxygen atoms in total. The Morgan fingerprint density at radius 3 is 2.78 bits per heavy atom. The Morgan fingerprint density at radius 1 is 1.33 bits per heavy atom. The van der Waals surface area contributed by atoms with Gasteiger partial charge in [0.2, 0.25) is 5.91 Å². The molecule has 0 saturated heterocycles. The number of aromatic nitrogens is 3. The summed E-state index contributed by atoms with van der Waals surface area (Å²) in [5.74, 6) is 1.04. The third-order valence-corrected chi connectivity index (χ3v) is 3.42. The van der Waals surface area contributed by atoms with Gasteiger partial charge in [0.15, 0.2) is 0 Å². The summed E-state index contributed by atoms with van der Waals surface area (Å²) < 4.78 is 0. The van der Waals surface area contributed by atoms with E-state index in [4.69, 9.17) is 0 Å². The Morgan fingerprint density at radius 2 is 2.11 bits per heavy atom. The molecule has 1 amide bonds. The van der Waals surface area contributed by atoms with Gasteiger partial charge in [0, 0.05) is 18.9 Å². The maximum atomic E-state index is 11.8. The van der Waals surface area contributed by atoms with Crippen LogP contribution in [0.25, 0.3) is 0 Å². The number of carbonyl (C=O) groups is 1. The Labute approximate surface area is 106 Å². The third-order valence-electron chi connectivity index (χ3n) is 3.42. The largest absolute Gasteiger partial charge is 0.356 e. The van der Waals surface area contributed by atoms with Gasteiger partial charge in [-0.3, -0.25) is 9.78 Å². The number of carbonyl (C=O) groups excluding carboxylic acids is 1. The van der Waals surface area contributed by atoms with E-state index in [0.717, 1.165) is 19.3 Å². The number of nitrogens with zero attached hydrogens (tertiary/aromatic N) is 1. The first kappa shape index (κ1) is 12.9. The van der Waals surface area contributed by atoms with Crippen LogP contribution in [0.2, 0.25) is 0 Å². The van der Waals surface area contributed by atoms with Gasteiger partial charge in [-0.25, -0.2) is 9.89 Å². The van der Waals surface area contributed by atoms with Crippen LogP contribution in [0.15, 0.2) is 4.79 Å². The summed E-state index contributed by atoms with van der Waals surface area (Å²) >= 11 is 0. The molecule has 1 aromatic rings. The van der Waals surface area contributed by atoms with Crippen LogP contribution in [0, 0.1) is 5.92 Å². The van der Waals surface area contributed by atoms with E-state index in [1.807, 2.05) is 0 Å². The highest BCUT2D eigenvalue weighted by Gasteiger charge is 2.20. The molecule has 2 rings (SSSR count). The summed E-state index contributed by atoms with van der Waals surface area (Å²) in [7, 11) is 0. The second-order valence-electron chi connectivity index (χ2n) is 4.85. The molecule has 0 aromatic carbocycles. The van der Waals surface area contributed by atoms with Crippen molar-refractivity contribution in [2.24, 2.45) is 5.92 Å². The highest BCUT2D eigenvalue weighted by Crippen LogP contribution is 2.23. The lowest BCUT2D eigenvalue weighted by molar-refractivity contribution is -0.125. The number of hydrogen-bond donors (Lipinski definition) is 3. The van der Waals surface area contributed by atoms with Gasteiger partial charge in [0.05, 0.1) is 0 Å². The van der Waals surface area contributed by atoms with Crippen LogP contribution in [0.5, 0.6) is 0 Å². The van der Waals surface area contributed by atoms with Crippen molar-refractivity contribution in [3.8, 4) is 0 Å². The predicted molar refractivity (Wildman–Crippen MR) is 67.1 cm³/mol. The summed E-state index contributed by atoms with van der Waals surface area (Å²) in [6, 6.07) is 0. The summed E-state index contributed by atoms with van der Waals surface area (Å²) in [4.78, 5) is 25.2. The molecule has 1 aromatic heterocycles. The standard InChI is InChI=1S/C12H20N4O2/c17-11(9-5-2-1-3-6-9)13-8-4-7-10-14-12(18)16-15-10/h9H,1-8H2,(H,13,17)(H2,14,15,16,18). The molecule has 1 saturated carbocycles. The van der Waals surface area contributed by atoms with Crippen LogP contribution in [0.4, 0.5) is 0 Å². The SMILES string of the molecule is O=C(NCCCc1n[nH]c(=O)[nH]1)C1CCCCC1. The van der Waals surface area contributed by atoms with E-state index in [1.54, 1.807) is 0 Å². The highest BCUT2D eigenvalue weighted by atomic mass is 16.2. The maximum Gasteiger partial charge on any atom is 0.340 e. The normalized spacial score (nSPS) is 16.7. The zero-order valence-electron chi connectivity index (χ0n) is 10.5.